The van der Waals surface area contributed by atoms with Crippen LogP contribution >= 0.6 is 0 Å². The summed E-state index contributed by atoms with van der Waals surface area (Å²) in [6.45, 7) is 0.346. The minimum atomic E-state index is -0.459. The molecule has 0 heterocycles. The highest BCUT2D eigenvalue weighted by Crippen LogP contribution is 2.44. The van der Waals surface area contributed by atoms with Gasteiger partial charge in [-0.2, -0.15) is 0 Å². The molecule has 5 heteroatoms. The molecule has 1 aliphatic carbocycles. The number of esters is 2. The van der Waals surface area contributed by atoms with E-state index in [0.717, 1.165) is 0 Å². The minimum Gasteiger partial charge on any atom is -0.464 e. The number of benzene rings is 2. The Hall–Kier alpha value is -2.92. The van der Waals surface area contributed by atoms with E-state index in [9.17, 15) is 9.59 Å². The van der Waals surface area contributed by atoms with Crippen molar-refractivity contribution in [3.63, 3.8) is 0 Å². The van der Waals surface area contributed by atoms with Crippen molar-refractivity contribution in [2.45, 2.75) is 12.3 Å². The van der Waals surface area contributed by atoms with Crippen LogP contribution in [0.4, 0.5) is 0 Å². The summed E-state index contributed by atoms with van der Waals surface area (Å²) < 4.78 is 10.3. The summed E-state index contributed by atoms with van der Waals surface area (Å²) in [6, 6.07) is 16.4. The van der Waals surface area contributed by atoms with Gasteiger partial charge < -0.3 is 15.2 Å². The van der Waals surface area contributed by atoms with E-state index in [2.05, 4.69) is 24.3 Å². The molecule has 26 heavy (non-hydrogen) atoms. The second kappa shape index (κ2) is 8.45. The number of hydrogen-bond acceptors (Lipinski definition) is 5. The SMILES string of the molecule is NCC(=O)OCCC=CC(=O)OCC1c2ccccc2-c2ccccc21. The van der Waals surface area contributed by atoms with Crippen molar-refractivity contribution in [2.75, 3.05) is 19.8 Å². The second-order valence-electron chi connectivity index (χ2n) is 5.97. The number of carbonyl (C=O) groups is 2. The molecule has 134 valence electrons. The molecular weight excluding hydrogens is 330 g/mol. The van der Waals surface area contributed by atoms with Gasteiger partial charge in [-0.05, 0) is 22.3 Å². The molecule has 0 fully saturated rings. The first-order valence-corrected chi connectivity index (χ1v) is 8.58. The lowest BCUT2D eigenvalue weighted by atomic mass is 9.98. The van der Waals surface area contributed by atoms with Crippen molar-refractivity contribution < 1.29 is 19.1 Å². The fraction of sp³-hybridized carbons (Fsp3) is 0.238. The van der Waals surface area contributed by atoms with Gasteiger partial charge in [0.25, 0.3) is 0 Å². The molecule has 2 N–H and O–H groups in total. The first-order chi connectivity index (χ1) is 12.7. The summed E-state index contributed by atoms with van der Waals surface area (Å²) in [7, 11) is 0. The summed E-state index contributed by atoms with van der Waals surface area (Å²) in [4.78, 5) is 22.8. The van der Waals surface area contributed by atoms with E-state index in [1.54, 1.807) is 6.08 Å². The Morgan fingerprint density at radius 2 is 1.58 bits per heavy atom. The fourth-order valence-electron chi connectivity index (χ4n) is 3.13. The van der Waals surface area contributed by atoms with Crippen LogP contribution in [0.2, 0.25) is 0 Å². The molecule has 0 aromatic heterocycles. The highest BCUT2D eigenvalue weighted by Gasteiger charge is 2.28. The van der Waals surface area contributed by atoms with E-state index in [1.807, 2.05) is 24.3 Å². The van der Waals surface area contributed by atoms with Crippen LogP contribution in [0.1, 0.15) is 23.5 Å². The van der Waals surface area contributed by atoms with Crippen molar-refractivity contribution in [1.29, 1.82) is 0 Å². The number of ether oxygens (including phenoxy) is 2. The van der Waals surface area contributed by atoms with Crippen LogP contribution in [-0.2, 0) is 19.1 Å². The van der Waals surface area contributed by atoms with E-state index < -0.39 is 11.9 Å². The average molecular weight is 351 g/mol. The molecule has 0 aliphatic heterocycles. The topological polar surface area (TPSA) is 78.6 Å². The zero-order valence-electron chi connectivity index (χ0n) is 14.4. The van der Waals surface area contributed by atoms with Gasteiger partial charge in [-0.25, -0.2) is 4.79 Å². The number of carbonyl (C=O) groups excluding carboxylic acids is 2. The highest BCUT2D eigenvalue weighted by molar-refractivity contribution is 5.82. The maximum Gasteiger partial charge on any atom is 0.330 e. The Labute approximate surface area is 152 Å². The summed E-state index contributed by atoms with van der Waals surface area (Å²) >= 11 is 0. The molecule has 0 spiro atoms. The second-order valence-corrected chi connectivity index (χ2v) is 5.97. The van der Waals surface area contributed by atoms with E-state index in [1.165, 1.54) is 28.3 Å². The van der Waals surface area contributed by atoms with Crippen LogP contribution in [0.15, 0.2) is 60.7 Å². The molecular formula is C21H21NO4. The third kappa shape index (κ3) is 4.00. The van der Waals surface area contributed by atoms with Gasteiger partial charge in [0.15, 0.2) is 0 Å². The third-order valence-corrected chi connectivity index (χ3v) is 4.32. The van der Waals surface area contributed by atoms with Crippen molar-refractivity contribution in [3.8, 4) is 11.1 Å². The normalized spacial score (nSPS) is 12.7. The molecule has 0 saturated carbocycles. The predicted octanol–water partition coefficient (Wildman–Crippen LogP) is 2.79. The van der Waals surface area contributed by atoms with E-state index in [0.29, 0.717) is 13.0 Å². The van der Waals surface area contributed by atoms with Crippen molar-refractivity contribution in [3.05, 3.63) is 71.8 Å². The molecule has 0 amide bonds. The van der Waals surface area contributed by atoms with Gasteiger partial charge in [0.05, 0.1) is 13.2 Å². The number of rotatable bonds is 7. The van der Waals surface area contributed by atoms with Gasteiger partial charge in [-0.15, -0.1) is 0 Å². The summed E-state index contributed by atoms with van der Waals surface area (Å²) in [5.41, 5.74) is 9.89. The van der Waals surface area contributed by atoms with Gasteiger partial charge in [0.1, 0.15) is 6.61 Å². The highest BCUT2D eigenvalue weighted by atomic mass is 16.5. The molecule has 3 rings (SSSR count). The molecule has 0 radical (unpaired) electrons. The molecule has 5 nitrogen and oxygen atoms in total. The Kier molecular flexibility index (Phi) is 5.81. The molecule has 0 unspecified atom stereocenters. The molecule has 0 atom stereocenters. The molecule has 2 aromatic carbocycles. The zero-order chi connectivity index (χ0) is 18.4. The van der Waals surface area contributed by atoms with Crippen molar-refractivity contribution in [2.24, 2.45) is 5.73 Å². The van der Waals surface area contributed by atoms with Gasteiger partial charge in [0, 0.05) is 18.4 Å². The van der Waals surface area contributed by atoms with Crippen LogP contribution in [0, 0.1) is 0 Å². The third-order valence-electron chi connectivity index (χ3n) is 4.32. The lowest BCUT2D eigenvalue weighted by Crippen LogP contribution is -2.17. The van der Waals surface area contributed by atoms with E-state index >= 15 is 0 Å². The van der Waals surface area contributed by atoms with Gasteiger partial charge in [0.2, 0.25) is 0 Å². The first kappa shape index (κ1) is 17.9. The average Bonchev–Trinajstić information content (AvgIpc) is 3.00. The first-order valence-electron chi connectivity index (χ1n) is 8.58. The van der Waals surface area contributed by atoms with Gasteiger partial charge in [-0.1, -0.05) is 54.6 Å². The zero-order valence-corrected chi connectivity index (χ0v) is 14.4. The van der Waals surface area contributed by atoms with E-state index in [-0.39, 0.29) is 19.1 Å². The fourth-order valence-corrected chi connectivity index (χ4v) is 3.13. The monoisotopic (exact) mass is 351 g/mol. The van der Waals surface area contributed by atoms with Crippen LogP contribution in [0.25, 0.3) is 11.1 Å². The van der Waals surface area contributed by atoms with Crippen LogP contribution in [0.5, 0.6) is 0 Å². The maximum absolute atomic E-state index is 11.9. The van der Waals surface area contributed by atoms with Crippen LogP contribution < -0.4 is 5.73 Å². The Bertz CT molecular complexity index is 783. The largest absolute Gasteiger partial charge is 0.464 e. The summed E-state index contributed by atoms with van der Waals surface area (Å²) in [6.07, 6.45) is 3.43. The van der Waals surface area contributed by atoms with Crippen LogP contribution in [0.3, 0.4) is 0 Å². The molecule has 1 aliphatic rings. The number of fused-ring (bicyclic) bond motifs is 3. The Balaban J connectivity index is 1.56. The molecule has 0 bridgehead atoms. The lowest BCUT2D eigenvalue weighted by Gasteiger charge is -2.13. The van der Waals surface area contributed by atoms with Crippen LogP contribution in [-0.4, -0.2) is 31.7 Å². The van der Waals surface area contributed by atoms with Crippen molar-refractivity contribution >= 4 is 11.9 Å². The smallest absolute Gasteiger partial charge is 0.330 e. The Morgan fingerprint density at radius 1 is 0.962 bits per heavy atom. The van der Waals surface area contributed by atoms with E-state index in [4.69, 9.17) is 15.2 Å². The van der Waals surface area contributed by atoms with Gasteiger partial charge in [-0.3, -0.25) is 4.79 Å². The molecule has 0 saturated heterocycles. The minimum absolute atomic E-state index is 0.0465. The Morgan fingerprint density at radius 3 is 2.19 bits per heavy atom. The molecule has 2 aromatic rings. The lowest BCUT2D eigenvalue weighted by molar-refractivity contribution is -0.141. The van der Waals surface area contributed by atoms with Gasteiger partial charge >= 0.3 is 11.9 Å². The summed E-state index contributed by atoms with van der Waals surface area (Å²) in [5.74, 6) is -0.818. The maximum atomic E-state index is 11.9. The standard InChI is InChI=1S/C21H21NO4/c22-13-21(24)25-12-6-5-11-20(23)26-14-19-17-9-3-1-7-15(17)16-8-2-4-10-18(16)19/h1-5,7-11,19H,6,12-14,22H2. The summed E-state index contributed by atoms with van der Waals surface area (Å²) in [5, 5.41) is 0. The van der Waals surface area contributed by atoms with Crippen molar-refractivity contribution in [1.82, 2.24) is 0 Å². The number of hydrogen-bond donors (Lipinski definition) is 1. The predicted molar refractivity (Wildman–Crippen MR) is 98.5 cm³/mol. The quantitative estimate of drug-likeness (QED) is 0.471. The number of nitrogens with two attached hydrogens (primary N) is 1.